The molecule has 0 spiro atoms. The van der Waals surface area contributed by atoms with E-state index < -0.39 is 0 Å². The molecule has 0 aromatic heterocycles. The summed E-state index contributed by atoms with van der Waals surface area (Å²) >= 11 is 0. The van der Waals surface area contributed by atoms with E-state index >= 15 is 0 Å². The van der Waals surface area contributed by atoms with Gasteiger partial charge in [0.05, 0.1) is 12.1 Å². The number of hydrogen-bond donors (Lipinski definition) is 1. The summed E-state index contributed by atoms with van der Waals surface area (Å²) in [5.74, 6) is 0. The van der Waals surface area contributed by atoms with Crippen LogP contribution in [0, 0.1) is 5.41 Å². The Hall–Kier alpha value is -0.330. The van der Waals surface area contributed by atoms with Gasteiger partial charge in [0.15, 0.2) is 0 Å². The monoisotopic (exact) mass is 163 g/mol. The number of nitrogens with one attached hydrogen (secondary N) is 1. The van der Waals surface area contributed by atoms with Crippen LogP contribution in [0.15, 0.2) is 0 Å². The van der Waals surface area contributed by atoms with Crippen LogP contribution >= 0.6 is 12.4 Å². The van der Waals surface area contributed by atoms with Gasteiger partial charge in [0.1, 0.15) is 0 Å². The number of hydrogen-bond acceptors (Lipinski definition) is 1. The summed E-state index contributed by atoms with van der Waals surface area (Å²) in [6.07, 6.45) is 0. The van der Waals surface area contributed by atoms with Gasteiger partial charge < -0.3 is 0 Å². The van der Waals surface area contributed by atoms with Gasteiger partial charge in [-0.2, -0.15) is 0 Å². The van der Waals surface area contributed by atoms with Crippen molar-refractivity contribution in [2.45, 2.75) is 39.8 Å². The van der Waals surface area contributed by atoms with Crippen LogP contribution in [0.1, 0.15) is 27.7 Å². The maximum absolute atomic E-state index is 6.90. The zero-order valence-corrected chi connectivity index (χ0v) is 7.83. The molecule has 0 unspecified atom stereocenters. The summed E-state index contributed by atoms with van der Waals surface area (Å²) in [7, 11) is 0. The molecule has 0 atom stereocenters. The van der Waals surface area contributed by atoms with E-state index in [1.54, 1.807) is 0 Å². The van der Waals surface area contributed by atoms with E-state index in [9.17, 15) is 0 Å². The molecule has 0 saturated carbocycles. The standard InChI is InChI=1S/C7H15N2.ClH/c1-6(2)9(5-8)7(3)4;/h6-8H,1-4H3;1H/q+1;. The van der Waals surface area contributed by atoms with E-state index in [-0.39, 0.29) is 12.4 Å². The fourth-order valence-corrected chi connectivity index (χ4v) is 0.854. The summed E-state index contributed by atoms with van der Waals surface area (Å²) in [5.41, 5.74) is 0. The first-order chi connectivity index (χ1) is 4.09. The van der Waals surface area contributed by atoms with Gasteiger partial charge in [-0.1, -0.05) is 5.41 Å². The third-order valence-corrected chi connectivity index (χ3v) is 1.24. The van der Waals surface area contributed by atoms with Crippen LogP contribution in [0.5, 0.6) is 0 Å². The molecule has 0 saturated heterocycles. The van der Waals surface area contributed by atoms with Gasteiger partial charge in [-0.25, -0.2) is 4.58 Å². The molecule has 1 N–H and O–H groups in total. The third-order valence-electron chi connectivity index (χ3n) is 1.24. The van der Waals surface area contributed by atoms with Crippen molar-refractivity contribution < 1.29 is 4.58 Å². The molecular formula is C7H16ClN2+. The Morgan fingerprint density at radius 2 is 1.40 bits per heavy atom. The lowest BCUT2D eigenvalue weighted by molar-refractivity contribution is -0.582. The predicted octanol–water partition coefficient (Wildman–Crippen LogP) is 1.99. The summed E-state index contributed by atoms with van der Waals surface area (Å²) in [4.78, 5) is 0. The molecule has 2 nitrogen and oxygen atoms in total. The first-order valence-electron chi connectivity index (χ1n) is 3.30. The normalized spacial score (nSPS) is 9.00. The lowest BCUT2D eigenvalue weighted by Gasteiger charge is -2.09. The summed E-state index contributed by atoms with van der Waals surface area (Å²) in [6, 6.07) is 3.17. The highest BCUT2D eigenvalue weighted by molar-refractivity contribution is 5.85. The molecular weight excluding hydrogens is 148 g/mol. The Labute approximate surface area is 68.9 Å². The minimum Gasteiger partial charge on any atom is -0.216 e. The maximum Gasteiger partial charge on any atom is 0.304 e. The largest absolute Gasteiger partial charge is 0.304 e. The highest BCUT2D eigenvalue weighted by atomic mass is 35.5. The van der Waals surface area contributed by atoms with Gasteiger partial charge in [-0.05, 0) is 27.7 Å². The fraction of sp³-hybridized carbons (Fsp3) is 0.857. The Morgan fingerprint density at radius 3 is 1.40 bits per heavy atom. The third kappa shape index (κ3) is 3.65. The van der Waals surface area contributed by atoms with Crippen molar-refractivity contribution >= 4 is 18.4 Å². The van der Waals surface area contributed by atoms with Gasteiger partial charge in [0.25, 0.3) is 0 Å². The van der Waals surface area contributed by atoms with Crippen molar-refractivity contribution in [1.29, 1.82) is 5.41 Å². The Kier molecular flexibility index (Phi) is 6.74. The lowest BCUT2D eigenvalue weighted by atomic mass is 10.3. The van der Waals surface area contributed by atoms with E-state index in [0.717, 1.165) is 0 Å². The van der Waals surface area contributed by atoms with Crippen molar-refractivity contribution in [2.75, 3.05) is 0 Å². The Bertz CT molecular complexity index is 125. The van der Waals surface area contributed by atoms with Crippen LogP contribution in [-0.4, -0.2) is 22.7 Å². The highest BCUT2D eigenvalue weighted by Crippen LogP contribution is 1.92. The number of rotatable bonds is 2. The summed E-state index contributed by atoms with van der Waals surface area (Å²) < 4.78 is 1.88. The average molecular weight is 164 g/mol. The van der Waals surface area contributed by atoms with E-state index in [4.69, 9.17) is 5.41 Å². The van der Waals surface area contributed by atoms with Crippen molar-refractivity contribution in [3.05, 3.63) is 0 Å². The van der Waals surface area contributed by atoms with Crippen molar-refractivity contribution in [1.82, 2.24) is 0 Å². The zero-order valence-electron chi connectivity index (χ0n) is 7.01. The van der Waals surface area contributed by atoms with Gasteiger partial charge in [-0.15, -0.1) is 12.4 Å². The molecule has 0 radical (unpaired) electrons. The molecule has 0 aliphatic carbocycles. The van der Waals surface area contributed by atoms with E-state index in [1.165, 1.54) is 0 Å². The van der Waals surface area contributed by atoms with Gasteiger partial charge in [0.2, 0.25) is 0 Å². The van der Waals surface area contributed by atoms with Crippen LogP contribution in [0.4, 0.5) is 0 Å². The van der Waals surface area contributed by atoms with Crippen molar-refractivity contribution in [3.8, 4) is 0 Å². The number of halogens is 1. The summed E-state index contributed by atoms with van der Waals surface area (Å²) in [6.45, 7) is 8.23. The Balaban J connectivity index is 0. The number of nitrogens with zero attached hydrogens (tertiary/aromatic N) is 1. The molecule has 0 aromatic carbocycles. The van der Waals surface area contributed by atoms with E-state index in [1.807, 2.05) is 4.58 Å². The van der Waals surface area contributed by atoms with Crippen LogP contribution in [0.2, 0.25) is 0 Å². The van der Waals surface area contributed by atoms with Crippen LogP contribution in [-0.2, 0) is 0 Å². The first-order valence-corrected chi connectivity index (χ1v) is 3.30. The molecule has 0 bridgehead atoms. The molecule has 0 fully saturated rings. The van der Waals surface area contributed by atoms with Crippen molar-refractivity contribution in [3.63, 3.8) is 0 Å². The topological polar surface area (TPSA) is 26.9 Å². The van der Waals surface area contributed by atoms with E-state index in [2.05, 4.69) is 33.7 Å². The maximum atomic E-state index is 6.90. The molecule has 60 valence electrons. The van der Waals surface area contributed by atoms with Gasteiger partial charge in [-0.3, -0.25) is 0 Å². The average Bonchev–Trinajstić information content (AvgIpc) is 1.64. The Morgan fingerprint density at radius 1 is 1.10 bits per heavy atom. The lowest BCUT2D eigenvalue weighted by Crippen LogP contribution is -2.26. The van der Waals surface area contributed by atoms with Crippen LogP contribution < -0.4 is 0 Å². The van der Waals surface area contributed by atoms with Gasteiger partial charge >= 0.3 is 6.01 Å². The SMILES string of the molecule is CC(C)[N+](=C=N)C(C)C.Cl. The quantitative estimate of drug-likeness (QED) is 0.476. The fourth-order valence-electron chi connectivity index (χ4n) is 0.854. The molecule has 0 aliphatic heterocycles. The second-order valence-electron chi connectivity index (χ2n) is 2.71. The zero-order chi connectivity index (χ0) is 7.44. The minimum absolute atomic E-state index is 0. The molecule has 3 heteroatoms. The highest BCUT2D eigenvalue weighted by Gasteiger charge is 2.08. The smallest absolute Gasteiger partial charge is 0.216 e. The minimum atomic E-state index is 0. The molecule has 0 heterocycles. The molecule has 0 aliphatic rings. The first kappa shape index (κ1) is 12.4. The molecule has 10 heavy (non-hydrogen) atoms. The van der Waals surface area contributed by atoms with Crippen LogP contribution in [0.3, 0.4) is 0 Å². The van der Waals surface area contributed by atoms with Gasteiger partial charge in [0, 0.05) is 0 Å². The van der Waals surface area contributed by atoms with E-state index in [0.29, 0.717) is 12.1 Å². The predicted molar refractivity (Wildman–Crippen MR) is 45.5 cm³/mol. The molecule has 0 aromatic rings. The molecule has 0 amide bonds. The summed E-state index contributed by atoms with van der Waals surface area (Å²) in [5, 5.41) is 6.90. The van der Waals surface area contributed by atoms with Crippen molar-refractivity contribution in [2.24, 2.45) is 0 Å². The van der Waals surface area contributed by atoms with Crippen LogP contribution in [0.25, 0.3) is 0 Å². The second kappa shape index (κ2) is 5.45. The molecule has 0 rings (SSSR count). The second-order valence-corrected chi connectivity index (χ2v) is 2.71.